The zero-order valence-corrected chi connectivity index (χ0v) is 12.4. The largest absolute Gasteiger partial charge is 0.486 e. The number of hydrogen-bond acceptors (Lipinski definition) is 4. The molecule has 0 saturated heterocycles. The van der Waals surface area contributed by atoms with Crippen molar-refractivity contribution in [2.45, 2.75) is 20.3 Å². The van der Waals surface area contributed by atoms with E-state index in [-0.39, 0.29) is 23.9 Å². The van der Waals surface area contributed by atoms with Crippen LogP contribution in [-0.2, 0) is 0 Å². The standard InChI is InChI=1S/C12H16BrN3O3/c1-12(2,11(14)15)6-7-19-10-8(13)4-3-5-9(10)16(17)18/h3-5H,6-7H2,1-2H3,(H3,14,15). The van der Waals surface area contributed by atoms with Crippen LogP contribution in [0.25, 0.3) is 0 Å². The number of ether oxygens (including phenoxy) is 1. The minimum absolute atomic E-state index is 0.0673. The molecule has 0 spiro atoms. The molecule has 0 aliphatic rings. The van der Waals surface area contributed by atoms with Crippen molar-refractivity contribution >= 4 is 27.5 Å². The van der Waals surface area contributed by atoms with E-state index < -0.39 is 10.3 Å². The van der Waals surface area contributed by atoms with Gasteiger partial charge in [0.15, 0.2) is 0 Å². The van der Waals surface area contributed by atoms with Crippen LogP contribution in [0.4, 0.5) is 5.69 Å². The first-order valence-corrected chi connectivity index (χ1v) is 6.45. The lowest BCUT2D eigenvalue weighted by molar-refractivity contribution is -0.386. The van der Waals surface area contributed by atoms with Gasteiger partial charge in [-0.1, -0.05) is 19.9 Å². The predicted molar refractivity (Wildman–Crippen MR) is 76.6 cm³/mol. The molecule has 0 saturated carbocycles. The molecular weight excluding hydrogens is 314 g/mol. The number of nitrogens with zero attached hydrogens (tertiary/aromatic N) is 1. The van der Waals surface area contributed by atoms with Crippen molar-refractivity contribution in [1.82, 2.24) is 0 Å². The molecule has 0 aliphatic heterocycles. The van der Waals surface area contributed by atoms with E-state index in [9.17, 15) is 10.1 Å². The molecule has 104 valence electrons. The number of nitro groups is 1. The van der Waals surface area contributed by atoms with Crippen molar-refractivity contribution in [2.24, 2.45) is 11.1 Å². The van der Waals surface area contributed by atoms with Gasteiger partial charge in [-0.25, -0.2) is 0 Å². The second kappa shape index (κ2) is 6.01. The van der Waals surface area contributed by atoms with Gasteiger partial charge in [-0.05, 0) is 28.4 Å². The highest BCUT2D eigenvalue weighted by Crippen LogP contribution is 2.35. The second-order valence-corrected chi connectivity index (χ2v) is 5.60. The number of nitrogens with two attached hydrogens (primary N) is 1. The number of para-hydroxylation sites is 1. The number of nitrogens with one attached hydrogen (secondary N) is 1. The molecule has 0 fully saturated rings. The predicted octanol–water partition coefficient (Wildman–Crippen LogP) is 3.09. The number of benzene rings is 1. The normalized spacial score (nSPS) is 11.1. The molecule has 0 aliphatic carbocycles. The Morgan fingerprint density at radius 3 is 2.74 bits per heavy atom. The number of hydrogen-bond donors (Lipinski definition) is 2. The van der Waals surface area contributed by atoms with Crippen LogP contribution in [0.15, 0.2) is 22.7 Å². The second-order valence-electron chi connectivity index (χ2n) is 4.74. The number of amidine groups is 1. The summed E-state index contributed by atoms with van der Waals surface area (Å²) in [7, 11) is 0. The molecule has 1 rings (SSSR count). The molecular formula is C12H16BrN3O3. The molecule has 0 unspecified atom stereocenters. The SMILES string of the molecule is CC(C)(CCOc1c(Br)cccc1[N+](=O)[O-])C(=N)N. The maximum Gasteiger partial charge on any atom is 0.312 e. The van der Waals surface area contributed by atoms with Crippen molar-refractivity contribution < 1.29 is 9.66 Å². The summed E-state index contributed by atoms with van der Waals surface area (Å²) in [5.74, 6) is 0.268. The third kappa shape index (κ3) is 3.92. The van der Waals surface area contributed by atoms with Gasteiger partial charge in [-0.3, -0.25) is 15.5 Å². The van der Waals surface area contributed by atoms with Crippen LogP contribution in [0.3, 0.4) is 0 Å². The molecule has 1 aromatic carbocycles. The Kier molecular flexibility index (Phi) is 4.88. The van der Waals surface area contributed by atoms with Crippen LogP contribution in [0.5, 0.6) is 5.75 Å². The summed E-state index contributed by atoms with van der Waals surface area (Å²) in [6.45, 7) is 3.90. The van der Waals surface area contributed by atoms with Crippen molar-refractivity contribution in [3.63, 3.8) is 0 Å². The molecule has 19 heavy (non-hydrogen) atoms. The maximum absolute atomic E-state index is 10.9. The molecule has 0 amide bonds. The van der Waals surface area contributed by atoms with Crippen LogP contribution in [0.1, 0.15) is 20.3 Å². The fourth-order valence-corrected chi connectivity index (χ4v) is 1.80. The Balaban J connectivity index is 2.79. The highest BCUT2D eigenvalue weighted by atomic mass is 79.9. The van der Waals surface area contributed by atoms with E-state index in [2.05, 4.69) is 15.9 Å². The Morgan fingerprint density at radius 1 is 1.58 bits per heavy atom. The third-order valence-electron chi connectivity index (χ3n) is 2.85. The van der Waals surface area contributed by atoms with Crippen molar-refractivity contribution in [2.75, 3.05) is 6.61 Å². The molecule has 0 bridgehead atoms. The van der Waals surface area contributed by atoms with Crippen LogP contribution in [-0.4, -0.2) is 17.4 Å². The van der Waals surface area contributed by atoms with Crippen molar-refractivity contribution in [3.05, 3.63) is 32.8 Å². The number of halogens is 1. The lowest BCUT2D eigenvalue weighted by atomic mass is 9.88. The topological polar surface area (TPSA) is 102 Å². The molecule has 1 aromatic rings. The van der Waals surface area contributed by atoms with E-state index in [4.69, 9.17) is 15.9 Å². The molecule has 6 nitrogen and oxygen atoms in total. The third-order valence-corrected chi connectivity index (χ3v) is 3.47. The van der Waals surface area contributed by atoms with E-state index >= 15 is 0 Å². The van der Waals surface area contributed by atoms with E-state index in [0.29, 0.717) is 10.9 Å². The monoisotopic (exact) mass is 329 g/mol. The lowest BCUT2D eigenvalue weighted by Gasteiger charge is -2.22. The summed E-state index contributed by atoms with van der Waals surface area (Å²) in [6.07, 6.45) is 0.501. The van der Waals surface area contributed by atoms with Gasteiger partial charge in [0.2, 0.25) is 5.75 Å². The van der Waals surface area contributed by atoms with Gasteiger partial charge < -0.3 is 10.5 Å². The first-order chi connectivity index (χ1) is 8.75. The van der Waals surface area contributed by atoms with Gasteiger partial charge in [-0.15, -0.1) is 0 Å². The summed E-state index contributed by atoms with van der Waals surface area (Å²) in [5, 5.41) is 18.3. The first kappa shape index (κ1) is 15.4. The Labute approximate surface area is 119 Å². The zero-order chi connectivity index (χ0) is 14.6. The quantitative estimate of drug-likeness (QED) is 0.362. The van der Waals surface area contributed by atoms with Gasteiger partial charge in [0.1, 0.15) is 0 Å². The fraction of sp³-hybridized carbons (Fsp3) is 0.417. The van der Waals surface area contributed by atoms with Crippen LogP contribution in [0, 0.1) is 20.9 Å². The van der Waals surface area contributed by atoms with Gasteiger partial charge in [0.25, 0.3) is 0 Å². The molecule has 0 aromatic heterocycles. The van der Waals surface area contributed by atoms with Gasteiger partial charge in [0.05, 0.1) is 21.8 Å². The van der Waals surface area contributed by atoms with Crippen molar-refractivity contribution in [3.8, 4) is 5.75 Å². The molecule has 0 radical (unpaired) electrons. The fourth-order valence-electron chi connectivity index (χ4n) is 1.33. The minimum atomic E-state index is -0.490. The Bertz CT molecular complexity index is 503. The zero-order valence-electron chi connectivity index (χ0n) is 10.8. The number of nitro benzene ring substituents is 1. The van der Waals surface area contributed by atoms with E-state index in [0.717, 1.165) is 0 Å². The summed E-state index contributed by atoms with van der Waals surface area (Å²) in [4.78, 5) is 10.4. The van der Waals surface area contributed by atoms with Crippen LogP contribution >= 0.6 is 15.9 Å². The minimum Gasteiger partial charge on any atom is -0.486 e. The summed E-state index contributed by atoms with van der Waals surface area (Å²) in [6, 6.07) is 4.64. The highest BCUT2D eigenvalue weighted by molar-refractivity contribution is 9.10. The lowest BCUT2D eigenvalue weighted by Crippen LogP contribution is -2.32. The smallest absolute Gasteiger partial charge is 0.312 e. The van der Waals surface area contributed by atoms with E-state index in [1.807, 2.05) is 13.8 Å². The van der Waals surface area contributed by atoms with Crippen LogP contribution in [0.2, 0.25) is 0 Å². The Hall–Kier alpha value is -1.63. The molecule has 0 heterocycles. The van der Waals surface area contributed by atoms with Gasteiger partial charge in [-0.2, -0.15) is 0 Å². The molecule has 0 atom stereocenters. The summed E-state index contributed by atoms with van der Waals surface area (Å²) >= 11 is 3.23. The molecule has 3 N–H and O–H groups in total. The average molecular weight is 330 g/mol. The van der Waals surface area contributed by atoms with Gasteiger partial charge in [0, 0.05) is 11.5 Å². The number of rotatable bonds is 6. The van der Waals surface area contributed by atoms with E-state index in [1.165, 1.54) is 6.07 Å². The van der Waals surface area contributed by atoms with E-state index in [1.54, 1.807) is 12.1 Å². The summed E-state index contributed by atoms with van der Waals surface area (Å²) in [5.41, 5.74) is 4.89. The van der Waals surface area contributed by atoms with Gasteiger partial charge >= 0.3 is 5.69 Å². The van der Waals surface area contributed by atoms with Crippen LogP contribution < -0.4 is 10.5 Å². The Morgan fingerprint density at radius 2 is 2.21 bits per heavy atom. The maximum atomic E-state index is 10.9. The summed E-state index contributed by atoms with van der Waals surface area (Å²) < 4.78 is 6.00. The highest BCUT2D eigenvalue weighted by Gasteiger charge is 2.23. The first-order valence-electron chi connectivity index (χ1n) is 5.66. The average Bonchev–Trinajstić information content (AvgIpc) is 2.30. The van der Waals surface area contributed by atoms with Crippen molar-refractivity contribution in [1.29, 1.82) is 5.41 Å². The molecule has 7 heteroatoms.